The van der Waals surface area contributed by atoms with Gasteiger partial charge < -0.3 is 20.1 Å². The number of aliphatic hydroxyl groups is 1. The molecule has 1 aliphatic rings. The highest BCUT2D eigenvalue weighted by atomic mass is 35.5. The summed E-state index contributed by atoms with van der Waals surface area (Å²) in [6.07, 6.45) is 0. The Morgan fingerprint density at radius 1 is 1.20 bits per heavy atom. The maximum atomic E-state index is 8.88. The monoisotopic (exact) mass is 380 g/mol. The lowest BCUT2D eigenvalue weighted by Gasteiger charge is -2.41. The Kier molecular flexibility index (Phi) is 6.07. The van der Waals surface area contributed by atoms with Gasteiger partial charge in [-0.15, -0.1) is 0 Å². The third-order valence-electron chi connectivity index (χ3n) is 4.35. The number of hydrogen-bond donors (Lipinski definition) is 2. The van der Waals surface area contributed by atoms with Crippen molar-refractivity contribution in [3.8, 4) is 5.75 Å². The Labute approximate surface area is 158 Å². The maximum absolute atomic E-state index is 8.88. The van der Waals surface area contributed by atoms with Crippen molar-refractivity contribution in [1.82, 2.24) is 5.32 Å². The number of anilines is 1. The molecule has 0 spiro atoms. The second kappa shape index (κ2) is 8.28. The Bertz CT molecular complexity index is 709. The van der Waals surface area contributed by atoms with E-state index < -0.39 is 0 Å². The highest BCUT2D eigenvalue weighted by molar-refractivity contribution is 6.33. The first kappa shape index (κ1) is 18.3. The number of aliphatic hydroxyl groups excluding tert-OH is 1. The summed E-state index contributed by atoms with van der Waals surface area (Å²) in [4.78, 5) is 2.32. The van der Waals surface area contributed by atoms with Crippen LogP contribution in [0.4, 0.5) is 5.69 Å². The minimum atomic E-state index is -0.0205. The van der Waals surface area contributed by atoms with Crippen molar-refractivity contribution < 1.29 is 9.84 Å². The number of nitrogens with zero attached hydrogens (tertiary/aromatic N) is 1. The fourth-order valence-electron chi connectivity index (χ4n) is 3.13. The van der Waals surface area contributed by atoms with Crippen LogP contribution in [0.3, 0.4) is 0 Å². The van der Waals surface area contributed by atoms with E-state index in [1.54, 1.807) is 6.07 Å². The van der Waals surface area contributed by atoms with Crippen molar-refractivity contribution in [1.29, 1.82) is 0 Å². The third-order valence-corrected chi connectivity index (χ3v) is 4.90. The number of piperazine rings is 1. The zero-order chi connectivity index (χ0) is 17.8. The summed E-state index contributed by atoms with van der Waals surface area (Å²) in [5.41, 5.74) is 2.17. The molecule has 4 nitrogen and oxygen atoms in total. The first-order valence-electron chi connectivity index (χ1n) is 8.37. The van der Waals surface area contributed by atoms with Crippen LogP contribution in [0.1, 0.15) is 18.5 Å². The number of halogens is 2. The van der Waals surface area contributed by atoms with E-state index in [1.807, 2.05) is 24.3 Å². The molecular formula is C19H22Cl2N2O2. The van der Waals surface area contributed by atoms with Gasteiger partial charge in [0.2, 0.25) is 0 Å². The molecule has 3 rings (SSSR count). The zero-order valence-electron chi connectivity index (χ0n) is 14.1. The topological polar surface area (TPSA) is 44.7 Å². The van der Waals surface area contributed by atoms with Crippen LogP contribution in [0.5, 0.6) is 5.75 Å². The summed E-state index contributed by atoms with van der Waals surface area (Å²) in [6.45, 7) is 4.09. The smallest absolute Gasteiger partial charge is 0.121 e. The van der Waals surface area contributed by atoms with Crippen LogP contribution in [0, 0.1) is 0 Å². The highest BCUT2D eigenvalue weighted by Gasteiger charge is 2.28. The van der Waals surface area contributed by atoms with E-state index in [0.29, 0.717) is 16.8 Å². The van der Waals surface area contributed by atoms with Crippen molar-refractivity contribution in [2.24, 2.45) is 0 Å². The van der Waals surface area contributed by atoms with E-state index in [0.717, 1.165) is 23.8 Å². The first-order valence-corrected chi connectivity index (χ1v) is 9.13. The van der Waals surface area contributed by atoms with Crippen LogP contribution in [0.15, 0.2) is 42.5 Å². The SMILES string of the molecule is C[C@@H]1CN(c2ccc(OCCO)cc2Cl)[C@H](c2ccc(Cl)cc2)CN1. The second-order valence-corrected chi connectivity index (χ2v) is 7.06. The van der Waals surface area contributed by atoms with E-state index in [9.17, 15) is 0 Å². The first-order chi connectivity index (χ1) is 12.1. The number of nitrogens with one attached hydrogen (secondary N) is 1. The molecule has 0 amide bonds. The van der Waals surface area contributed by atoms with Gasteiger partial charge in [0.25, 0.3) is 0 Å². The molecule has 1 fully saturated rings. The molecule has 25 heavy (non-hydrogen) atoms. The number of benzene rings is 2. The summed E-state index contributed by atoms with van der Waals surface area (Å²) in [6, 6.07) is 14.2. The van der Waals surface area contributed by atoms with Crippen molar-refractivity contribution in [3.63, 3.8) is 0 Å². The molecule has 2 atom stereocenters. The summed E-state index contributed by atoms with van der Waals surface area (Å²) < 4.78 is 5.44. The van der Waals surface area contributed by atoms with Gasteiger partial charge in [0, 0.05) is 30.2 Å². The zero-order valence-corrected chi connectivity index (χ0v) is 15.6. The summed E-state index contributed by atoms with van der Waals surface area (Å²) in [5.74, 6) is 0.661. The van der Waals surface area contributed by atoms with Crippen LogP contribution >= 0.6 is 23.2 Å². The lowest BCUT2D eigenvalue weighted by Crippen LogP contribution is -2.51. The average Bonchev–Trinajstić information content (AvgIpc) is 2.61. The predicted octanol–water partition coefficient (Wildman–Crippen LogP) is 3.90. The molecule has 0 bridgehead atoms. The van der Waals surface area contributed by atoms with Crippen molar-refractivity contribution in [2.75, 3.05) is 31.2 Å². The Hall–Kier alpha value is -1.46. The van der Waals surface area contributed by atoms with Crippen LogP contribution < -0.4 is 15.0 Å². The summed E-state index contributed by atoms with van der Waals surface area (Å²) >= 11 is 12.6. The Morgan fingerprint density at radius 2 is 1.96 bits per heavy atom. The highest BCUT2D eigenvalue weighted by Crippen LogP contribution is 2.36. The van der Waals surface area contributed by atoms with Crippen LogP contribution in [0.2, 0.25) is 10.0 Å². The van der Waals surface area contributed by atoms with Gasteiger partial charge in [-0.05, 0) is 36.8 Å². The maximum Gasteiger partial charge on any atom is 0.121 e. The Balaban J connectivity index is 1.89. The van der Waals surface area contributed by atoms with Gasteiger partial charge >= 0.3 is 0 Å². The van der Waals surface area contributed by atoms with Gasteiger partial charge in [-0.1, -0.05) is 35.3 Å². The van der Waals surface area contributed by atoms with Gasteiger partial charge in [-0.25, -0.2) is 0 Å². The van der Waals surface area contributed by atoms with Gasteiger partial charge in [-0.2, -0.15) is 0 Å². The quantitative estimate of drug-likeness (QED) is 0.825. The minimum absolute atomic E-state index is 0.0205. The van der Waals surface area contributed by atoms with Crippen molar-refractivity contribution in [2.45, 2.75) is 19.0 Å². The molecule has 6 heteroatoms. The van der Waals surface area contributed by atoms with Crippen LogP contribution in [-0.4, -0.2) is 37.5 Å². The van der Waals surface area contributed by atoms with E-state index in [1.165, 1.54) is 5.56 Å². The minimum Gasteiger partial charge on any atom is -0.491 e. The molecule has 2 aromatic carbocycles. The van der Waals surface area contributed by atoms with Gasteiger partial charge in [0.15, 0.2) is 0 Å². The van der Waals surface area contributed by atoms with Gasteiger partial charge in [0.05, 0.1) is 23.4 Å². The standard InChI is InChI=1S/C19H22Cl2N2O2/c1-13-12-23(18-7-6-16(10-17(18)21)25-9-8-24)19(11-22-13)14-2-4-15(20)5-3-14/h2-7,10,13,19,22,24H,8-9,11-12H2,1H3/t13-,19+/m1/s1. The summed E-state index contributed by atoms with van der Waals surface area (Å²) in [5, 5.41) is 13.8. The van der Waals surface area contributed by atoms with E-state index in [2.05, 4.69) is 29.3 Å². The molecule has 1 saturated heterocycles. The van der Waals surface area contributed by atoms with Crippen LogP contribution in [0.25, 0.3) is 0 Å². The molecule has 134 valence electrons. The van der Waals surface area contributed by atoms with Crippen molar-refractivity contribution in [3.05, 3.63) is 58.1 Å². The molecule has 2 aromatic rings. The fraction of sp³-hybridized carbons (Fsp3) is 0.368. The lowest BCUT2D eigenvalue weighted by molar-refractivity contribution is 0.201. The molecule has 0 saturated carbocycles. The van der Waals surface area contributed by atoms with Crippen molar-refractivity contribution >= 4 is 28.9 Å². The largest absolute Gasteiger partial charge is 0.491 e. The lowest BCUT2D eigenvalue weighted by atomic mass is 10.0. The van der Waals surface area contributed by atoms with Gasteiger partial charge in [0.1, 0.15) is 12.4 Å². The van der Waals surface area contributed by atoms with Crippen LogP contribution in [-0.2, 0) is 0 Å². The van der Waals surface area contributed by atoms with E-state index >= 15 is 0 Å². The number of ether oxygens (including phenoxy) is 1. The molecule has 1 aliphatic heterocycles. The fourth-order valence-corrected chi connectivity index (χ4v) is 3.54. The Morgan fingerprint density at radius 3 is 2.64 bits per heavy atom. The second-order valence-electron chi connectivity index (χ2n) is 6.21. The number of rotatable bonds is 5. The van der Waals surface area contributed by atoms with Gasteiger partial charge in [-0.3, -0.25) is 0 Å². The normalized spacial score (nSPS) is 20.6. The average molecular weight is 381 g/mol. The van der Waals surface area contributed by atoms with E-state index in [-0.39, 0.29) is 19.3 Å². The molecule has 0 unspecified atom stereocenters. The molecule has 1 heterocycles. The molecule has 0 aliphatic carbocycles. The molecule has 2 N–H and O–H groups in total. The summed E-state index contributed by atoms with van der Waals surface area (Å²) in [7, 11) is 0. The number of hydrogen-bond acceptors (Lipinski definition) is 4. The third kappa shape index (κ3) is 4.39. The predicted molar refractivity (Wildman–Crippen MR) is 103 cm³/mol. The molecule has 0 aromatic heterocycles. The molecule has 0 radical (unpaired) electrons. The molecular weight excluding hydrogens is 359 g/mol. The van der Waals surface area contributed by atoms with E-state index in [4.69, 9.17) is 33.0 Å².